The average Bonchev–Trinajstić information content (AvgIpc) is 2.63. The fraction of sp³-hybridized carbons (Fsp3) is 0.167. The molecule has 1 unspecified atom stereocenters. The third kappa shape index (κ3) is 4.36. The highest BCUT2D eigenvalue weighted by Gasteiger charge is 2.24. The van der Waals surface area contributed by atoms with Gasteiger partial charge in [0.2, 0.25) is 5.91 Å². The summed E-state index contributed by atoms with van der Waals surface area (Å²) < 4.78 is 0. The highest BCUT2D eigenvalue weighted by atomic mass is 35.5. The van der Waals surface area contributed by atoms with Crippen molar-refractivity contribution in [3.63, 3.8) is 0 Å². The summed E-state index contributed by atoms with van der Waals surface area (Å²) in [4.78, 5) is 28.1. The van der Waals surface area contributed by atoms with Crippen LogP contribution in [0.3, 0.4) is 0 Å². The highest BCUT2D eigenvalue weighted by Crippen LogP contribution is 2.24. The lowest BCUT2D eigenvalue weighted by molar-refractivity contribution is 0.0923. The maximum atomic E-state index is 12.6. The maximum absolute atomic E-state index is 12.6. The molecule has 1 amide bonds. The SMILES string of the molecule is Cl.NC(=O)c1ccc(C2=NCC(C(=O)c3ccc(Cl)c(Cl)c3)CN2)cc1. The Bertz CT molecular complexity index is 866. The monoisotopic (exact) mass is 411 g/mol. The average molecular weight is 413 g/mol. The molecule has 0 radical (unpaired) electrons. The number of halogens is 3. The van der Waals surface area contributed by atoms with Crippen molar-refractivity contribution in [3.8, 4) is 0 Å². The molecule has 2 aromatic carbocycles. The zero-order chi connectivity index (χ0) is 18.0. The first-order valence-electron chi connectivity index (χ1n) is 7.63. The quantitative estimate of drug-likeness (QED) is 0.755. The van der Waals surface area contributed by atoms with Gasteiger partial charge in [-0.1, -0.05) is 35.3 Å². The Labute approximate surface area is 167 Å². The van der Waals surface area contributed by atoms with Crippen LogP contribution in [0.2, 0.25) is 10.0 Å². The number of hydrogen-bond donors (Lipinski definition) is 2. The zero-order valence-corrected chi connectivity index (χ0v) is 15.9. The van der Waals surface area contributed by atoms with Crippen molar-refractivity contribution in [3.05, 3.63) is 69.2 Å². The third-order valence-corrected chi connectivity index (χ3v) is 4.74. The highest BCUT2D eigenvalue weighted by molar-refractivity contribution is 6.42. The van der Waals surface area contributed by atoms with Gasteiger partial charge >= 0.3 is 0 Å². The van der Waals surface area contributed by atoms with Crippen LogP contribution >= 0.6 is 35.6 Å². The Kier molecular flexibility index (Phi) is 6.64. The minimum atomic E-state index is -0.475. The summed E-state index contributed by atoms with van der Waals surface area (Å²) >= 11 is 11.9. The first kappa shape index (κ1) is 20.2. The lowest BCUT2D eigenvalue weighted by Crippen LogP contribution is -2.39. The van der Waals surface area contributed by atoms with Crippen molar-refractivity contribution in [2.24, 2.45) is 16.6 Å². The van der Waals surface area contributed by atoms with Gasteiger partial charge in [-0.3, -0.25) is 14.6 Å². The number of aliphatic imine (C=N–C) groups is 1. The van der Waals surface area contributed by atoms with E-state index in [9.17, 15) is 9.59 Å². The van der Waals surface area contributed by atoms with Gasteiger partial charge in [-0.25, -0.2) is 0 Å². The van der Waals surface area contributed by atoms with Gasteiger partial charge in [0.1, 0.15) is 5.84 Å². The van der Waals surface area contributed by atoms with E-state index in [4.69, 9.17) is 28.9 Å². The van der Waals surface area contributed by atoms with Crippen molar-refractivity contribution in [1.29, 1.82) is 0 Å². The van der Waals surface area contributed by atoms with Crippen LogP contribution in [0.4, 0.5) is 0 Å². The Balaban J connectivity index is 0.00000243. The van der Waals surface area contributed by atoms with Gasteiger partial charge in [0.15, 0.2) is 5.78 Å². The number of amidine groups is 1. The molecular formula is C18H16Cl3N3O2. The van der Waals surface area contributed by atoms with Gasteiger partial charge < -0.3 is 11.1 Å². The molecule has 8 heteroatoms. The number of carbonyl (C=O) groups excluding carboxylic acids is 2. The van der Waals surface area contributed by atoms with Gasteiger partial charge in [0, 0.05) is 23.2 Å². The standard InChI is InChI=1S/C18H15Cl2N3O2.ClH/c19-14-6-5-12(7-15(14)20)16(24)13-8-22-18(23-9-13)11-3-1-10(2-4-11)17(21)25;/h1-7,13H,8-9H2,(H2,21,25)(H,22,23);1H. The minimum Gasteiger partial charge on any atom is -0.369 e. The largest absolute Gasteiger partial charge is 0.369 e. The lowest BCUT2D eigenvalue weighted by atomic mass is 9.96. The van der Waals surface area contributed by atoms with E-state index in [1.165, 1.54) is 0 Å². The number of benzene rings is 2. The number of carbonyl (C=O) groups is 2. The molecular weight excluding hydrogens is 397 g/mol. The first-order chi connectivity index (χ1) is 12.0. The summed E-state index contributed by atoms with van der Waals surface area (Å²) in [5.74, 6) is -0.0876. The van der Waals surface area contributed by atoms with E-state index in [-0.39, 0.29) is 24.1 Å². The predicted octanol–water partition coefficient (Wildman–Crippen LogP) is 3.36. The summed E-state index contributed by atoms with van der Waals surface area (Å²) in [5, 5.41) is 3.94. The molecule has 0 aromatic heterocycles. The molecule has 0 fully saturated rings. The van der Waals surface area contributed by atoms with Crippen molar-refractivity contribution in [1.82, 2.24) is 5.32 Å². The second kappa shape index (κ2) is 8.54. The zero-order valence-electron chi connectivity index (χ0n) is 13.5. The van der Waals surface area contributed by atoms with Crippen LogP contribution in [0, 0.1) is 5.92 Å². The Morgan fingerprint density at radius 1 is 1.04 bits per heavy atom. The molecule has 0 saturated heterocycles. The number of hydrogen-bond acceptors (Lipinski definition) is 4. The number of amides is 1. The lowest BCUT2D eigenvalue weighted by Gasteiger charge is -2.22. The minimum absolute atomic E-state index is 0. The number of rotatable bonds is 4. The van der Waals surface area contributed by atoms with Gasteiger partial charge in [0.25, 0.3) is 0 Å². The van der Waals surface area contributed by atoms with Crippen molar-refractivity contribution in [2.45, 2.75) is 0 Å². The predicted molar refractivity (Wildman–Crippen MR) is 106 cm³/mol. The molecule has 26 heavy (non-hydrogen) atoms. The molecule has 0 aliphatic carbocycles. The number of primary amides is 1. The van der Waals surface area contributed by atoms with E-state index in [2.05, 4.69) is 10.3 Å². The number of ketones is 1. The van der Waals surface area contributed by atoms with Crippen LogP contribution in [0.25, 0.3) is 0 Å². The fourth-order valence-electron chi connectivity index (χ4n) is 2.59. The van der Waals surface area contributed by atoms with E-state index in [0.717, 1.165) is 5.56 Å². The third-order valence-electron chi connectivity index (χ3n) is 4.00. The van der Waals surface area contributed by atoms with Crippen LogP contribution in [0.5, 0.6) is 0 Å². The smallest absolute Gasteiger partial charge is 0.248 e. The fourth-order valence-corrected chi connectivity index (χ4v) is 2.89. The molecule has 1 heterocycles. The molecule has 0 bridgehead atoms. The van der Waals surface area contributed by atoms with E-state index in [0.29, 0.717) is 40.1 Å². The van der Waals surface area contributed by atoms with Crippen LogP contribution in [-0.2, 0) is 0 Å². The number of nitrogens with two attached hydrogens (primary N) is 1. The number of nitrogens with one attached hydrogen (secondary N) is 1. The summed E-state index contributed by atoms with van der Waals surface area (Å²) in [6, 6.07) is 11.7. The van der Waals surface area contributed by atoms with E-state index in [1.54, 1.807) is 42.5 Å². The second-order valence-corrected chi connectivity index (χ2v) is 6.52. The van der Waals surface area contributed by atoms with E-state index < -0.39 is 5.91 Å². The van der Waals surface area contributed by atoms with Crippen molar-refractivity contribution >= 4 is 53.1 Å². The molecule has 0 spiro atoms. The Hall–Kier alpha value is -2.08. The van der Waals surface area contributed by atoms with Gasteiger partial charge in [-0.05, 0) is 30.3 Å². The second-order valence-electron chi connectivity index (χ2n) is 5.70. The topological polar surface area (TPSA) is 84.6 Å². The van der Waals surface area contributed by atoms with Gasteiger partial charge in [-0.15, -0.1) is 12.4 Å². The Morgan fingerprint density at radius 2 is 1.69 bits per heavy atom. The molecule has 3 rings (SSSR count). The molecule has 3 N–H and O–H groups in total. The van der Waals surface area contributed by atoms with Crippen LogP contribution in [-0.4, -0.2) is 30.6 Å². The molecule has 5 nitrogen and oxygen atoms in total. The molecule has 1 aliphatic rings. The molecule has 1 aliphatic heterocycles. The number of Topliss-reactive ketones (excluding diaryl/α,β-unsaturated/α-hetero) is 1. The molecule has 136 valence electrons. The molecule has 2 aromatic rings. The number of nitrogens with zero attached hydrogens (tertiary/aromatic N) is 1. The summed E-state index contributed by atoms with van der Waals surface area (Å²) in [6.07, 6.45) is 0. The van der Waals surface area contributed by atoms with Crippen molar-refractivity contribution in [2.75, 3.05) is 13.1 Å². The van der Waals surface area contributed by atoms with Crippen LogP contribution in [0.15, 0.2) is 47.5 Å². The molecule has 1 atom stereocenters. The Morgan fingerprint density at radius 3 is 2.23 bits per heavy atom. The van der Waals surface area contributed by atoms with Gasteiger partial charge in [0.05, 0.1) is 22.5 Å². The summed E-state index contributed by atoms with van der Waals surface area (Å²) in [6.45, 7) is 0.842. The summed E-state index contributed by atoms with van der Waals surface area (Å²) in [7, 11) is 0. The van der Waals surface area contributed by atoms with Crippen LogP contribution < -0.4 is 11.1 Å². The maximum Gasteiger partial charge on any atom is 0.248 e. The van der Waals surface area contributed by atoms with E-state index in [1.807, 2.05) is 0 Å². The van der Waals surface area contributed by atoms with Gasteiger partial charge in [-0.2, -0.15) is 0 Å². The van der Waals surface area contributed by atoms with Crippen LogP contribution in [0.1, 0.15) is 26.3 Å². The normalized spacial score (nSPS) is 16.1. The first-order valence-corrected chi connectivity index (χ1v) is 8.39. The summed E-state index contributed by atoms with van der Waals surface area (Å²) in [5.41, 5.74) is 7.02. The van der Waals surface area contributed by atoms with Crippen molar-refractivity contribution < 1.29 is 9.59 Å². The molecule has 0 saturated carbocycles. The van der Waals surface area contributed by atoms with E-state index >= 15 is 0 Å².